The third-order valence-corrected chi connectivity index (χ3v) is 3.53. The van der Waals surface area contributed by atoms with Gasteiger partial charge < -0.3 is 25.4 Å². The molecule has 0 heterocycles. The highest BCUT2D eigenvalue weighted by Gasteiger charge is 2.24. The summed E-state index contributed by atoms with van der Waals surface area (Å²) in [7, 11) is 0. The van der Waals surface area contributed by atoms with Crippen LogP contribution >= 0.6 is 0 Å². The molecule has 7 nitrogen and oxygen atoms in total. The van der Waals surface area contributed by atoms with Crippen LogP contribution in [0.25, 0.3) is 0 Å². The van der Waals surface area contributed by atoms with Gasteiger partial charge in [0.25, 0.3) is 0 Å². The highest BCUT2D eigenvalue weighted by atomic mass is 16.6. The SMILES string of the molecule is CCCC(=O)OC(C)[C@H](C)OC(=O)[C@@H](N)Cc1ccc(O)c(O)c1. The fourth-order valence-electron chi connectivity index (χ4n) is 1.97. The van der Waals surface area contributed by atoms with Crippen LogP contribution in [0.1, 0.15) is 39.2 Å². The predicted molar refractivity (Wildman–Crippen MR) is 87.5 cm³/mol. The van der Waals surface area contributed by atoms with Gasteiger partial charge in [-0.1, -0.05) is 13.0 Å². The Morgan fingerprint density at radius 1 is 1.12 bits per heavy atom. The van der Waals surface area contributed by atoms with Gasteiger partial charge in [-0.05, 0) is 44.4 Å². The average molecular weight is 339 g/mol. The summed E-state index contributed by atoms with van der Waals surface area (Å²) < 4.78 is 10.4. The lowest BCUT2D eigenvalue weighted by Crippen LogP contribution is -2.39. The molecule has 1 unspecified atom stereocenters. The topological polar surface area (TPSA) is 119 Å². The maximum Gasteiger partial charge on any atom is 0.323 e. The van der Waals surface area contributed by atoms with E-state index >= 15 is 0 Å². The molecular weight excluding hydrogens is 314 g/mol. The molecule has 24 heavy (non-hydrogen) atoms. The molecule has 0 aliphatic rings. The van der Waals surface area contributed by atoms with Gasteiger partial charge in [0.15, 0.2) is 11.5 Å². The summed E-state index contributed by atoms with van der Waals surface area (Å²) in [4.78, 5) is 23.5. The molecule has 0 amide bonds. The van der Waals surface area contributed by atoms with Gasteiger partial charge >= 0.3 is 11.9 Å². The Balaban J connectivity index is 2.53. The van der Waals surface area contributed by atoms with Crippen molar-refractivity contribution in [3.63, 3.8) is 0 Å². The van der Waals surface area contributed by atoms with E-state index < -0.39 is 24.2 Å². The first kappa shape index (κ1) is 19.8. The molecule has 134 valence electrons. The molecule has 7 heteroatoms. The summed E-state index contributed by atoms with van der Waals surface area (Å²) in [5.74, 6) is -1.49. The molecule has 0 aliphatic carbocycles. The number of esters is 2. The Morgan fingerprint density at radius 3 is 2.33 bits per heavy atom. The zero-order chi connectivity index (χ0) is 18.3. The number of phenolic OH excluding ortho intramolecular Hbond substituents is 2. The van der Waals surface area contributed by atoms with Crippen molar-refractivity contribution in [3.8, 4) is 11.5 Å². The fourth-order valence-corrected chi connectivity index (χ4v) is 1.97. The van der Waals surface area contributed by atoms with Crippen LogP contribution < -0.4 is 5.73 Å². The van der Waals surface area contributed by atoms with Crippen molar-refractivity contribution in [2.75, 3.05) is 0 Å². The van der Waals surface area contributed by atoms with Gasteiger partial charge in [0.05, 0.1) is 0 Å². The maximum atomic E-state index is 12.0. The van der Waals surface area contributed by atoms with Gasteiger partial charge in [-0.3, -0.25) is 9.59 Å². The lowest BCUT2D eigenvalue weighted by atomic mass is 10.1. The molecule has 0 aromatic heterocycles. The van der Waals surface area contributed by atoms with Crippen molar-refractivity contribution in [3.05, 3.63) is 23.8 Å². The van der Waals surface area contributed by atoms with Crippen LogP contribution in [0.3, 0.4) is 0 Å². The van der Waals surface area contributed by atoms with Gasteiger partial charge in [-0.25, -0.2) is 0 Å². The summed E-state index contributed by atoms with van der Waals surface area (Å²) in [5, 5.41) is 18.7. The first-order valence-corrected chi connectivity index (χ1v) is 7.91. The number of rotatable bonds is 8. The molecule has 1 aromatic carbocycles. The Morgan fingerprint density at radius 2 is 1.75 bits per heavy atom. The minimum Gasteiger partial charge on any atom is -0.504 e. The van der Waals surface area contributed by atoms with Crippen LogP contribution in [0, 0.1) is 0 Å². The first-order chi connectivity index (χ1) is 11.2. The summed E-state index contributed by atoms with van der Waals surface area (Å²) in [6.45, 7) is 5.14. The monoisotopic (exact) mass is 339 g/mol. The predicted octanol–water partition coefficient (Wildman–Crippen LogP) is 1.63. The van der Waals surface area contributed by atoms with Gasteiger partial charge in [0.1, 0.15) is 18.2 Å². The Labute approximate surface area is 141 Å². The second-order valence-electron chi connectivity index (χ2n) is 5.72. The van der Waals surface area contributed by atoms with Crippen LogP contribution in [0.4, 0.5) is 0 Å². The molecule has 3 atom stereocenters. The Bertz CT molecular complexity index is 574. The second kappa shape index (κ2) is 9.12. The van der Waals surface area contributed by atoms with E-state index in [1.54, 1.807) is 19.9 Å². The molecule has 0 bridgehead atoms. The maximum absolute atomic E-state index is 12.0. The third-order valence-electron chi connectivity index (χ3n) is 3.53. The number of hydrogen-bond donors (Lipinski definition) is 3. The van der Waals surface area contributed by atoms with Crippen molar-refractivity contribution < 1.29 is 29.3 Å². The van der Waals surface area contributed by atoms with E-state index in [0.29, 0.717) is 18.4 Å². The minimum absolute atomic E-state index is 0.142. The largest absolute Gasteiger partial charge is 0.504 e. The number of carbonyl (C=O) groups excluding carboxylic acids is 2. The third kappa shape index (κ3) is 6.08. The number of aromatic hydroxyl groups is 2. The number of phenols is 2. The van der Waals surface area contributed by atoms with Gasteiger partial charge in [0.2, 0.25) is 0 Å². The van der Waals surface area contributed by atoms with E-state index in [9.17, 15) is 19.8 Å². The molecule has 4 N–H and O–H groups in total. The smallest absolute Gasteiger partial charge is 0.323 e. The standard InChI is InChI=1S/C17H25NO6/c1-4-5-16(21)23-10(2)11(3)24-17(22)13(18)8-12-6-7-14(19)15(20)9-12/h6-7,9-11,13,19-20H,4-5,8,18H2,1-3H3/t10?,11-,13-/m0/s1. The summed E-state index contributed by atoms with van der Waals surface area (Å²) >= 11 is 0. The van der Waals surface area contributed by atoms with E-state index in [-0.39, 0.29) is 23.9 Å². The van der Waals surface area contributed by atoms with E-state index in [1.807, 2.05) is 6.92 Å². The van der Waals surface area contributed by atoms with Crippen LogP contribution in [0.15, 0.2) is 18.2 Å². The quantitative estimate of drug-likeness (QED) is 0.486. The van der Waals surface area contributed by atoms with Crippen LogP contribution in [0.2, 0.25) is 0 Å². The highest BCUT2D eigenvalue weighted by Crippen LogP contribution is 2.25. The van der Waals surface area contributed by atoms with Crippen LogP contribution in [-0.4, -0.2) is 40.4 Å². The fraction of sp³-hybridized carbons (Fsp3) is 0.529. The zero-order valence-electron chi connectivity index (χ0n) is 14.2. The lowest BCUT2D eigenvalue weighted by molar-refractivity contribution is -0.166. The molecule has 0 spiro atoms. The average Bonchev–Trinajstić information content (AvgIpc) is 2.50. The molecule has 1 aromatic rings. The Hall–Kier alpha value is -2.28. The number of carbonyl (C=O) groups is 2. The first-order valence-electron chi connectivity index (χ1n) is 7.91. The van der Waals surface area contributed by atoms with E-state index in [4.69, 9.17) is 15.2 Å². The highest BCUT2D eigenvalue weighted by molar-refractivity contribution is 5.76. The molecule has 0 fully saturated rings. The second-order valence-corrected chi connectivity index (χ2v) is 5.72. The zero-order valence-corrected chi connectivity index (χ0v) is 14.2. The molecule has 0 saturated heterocycles. The number of ether oxygens (including phenoxy) is 2. The summed E-state index contributed by atoms with van der Waals surface area (Å²) in [5.41, 5.74) is 6.40. The lowest BCUT2D eigenvalue weighted by Gasteiger charge is -2.22. The van der Waals surface area contributed by atoms with E-state index in [0.717, 1.165) is 0 Å². The minimum atomic E-state index is -0.935. The van der Waals surface area contributed by atoms with E-state index in [1.165, 1.54) is 12.1 Å². The number of nitrogens with two attached hydrogens (primary N) is 1. The number of benzene rings is 1. The molecule has 0 radical (unpaired) electrons. The molecule has 0 aliphatic heterocycles. The molecule has 1 rings (SSSR count). The summed E-state index contributed by atoms with van der Waals surface area (Å²) in [6, 6.07) is 3.28. The summed E-state index contributed by atoms with van der Waals surface area (Å²) in [6.07, 6.45) is -0.0574. The van der Waals surface area contributed by atoms with E-state index in [2.05, 4.69) is 0 Å². The number of hydrogen-bond acceptors (Lipinski definition) is 7. The Kier molecular flexibility index (Phi) is 7.51. The normalized spacial score (nSPS) is 14.5. The van der Waals surface area contributed by atoms with Crippen molar-refractivity contribution in [1.29, 1.82) is 0 Å². The van der Waals surface area contributed by atoms with Gasteiger partial charge in [-0.15, -0.1) is 0 Å². The molecule has 0 saturated carbocycles. The van der Waals surface area contributed by atoms with Crippen molar-refractivity contribution in [1.82, 2.24) is 0 Å². The van der Waals surface area contributed by atoms with Crippen LogP contribution in [-0.2, 0) is 25.5 Å². The van der Waals surface area contributed by atoms with Crippen molar-refractivity contribution in [2.24, 2.45) is 5.73 Å². The molecular formula is C17H25NO6. The van der Waals surface area contributed by atoms with Gasteiger partial charge in [0, 0.05) is 6.42 Å². The van der Waals surface area contributed by atoms with Crippen LogP contribution in [0.5, 0.6) is 11.5 Å². The van der Waals surface area contributed by atoms with Crippen molar-refractivity contribution >= 4 is 11.9 Å². The van der Waals surface area contributed by atoms with Crippen molar-refractivity contribution in [2.45, 2.75) is 58.3 Å². The van der Waals surface area contributed by atoms with Gasteiger partial charge in [-0.2, -0.15) is 0 Å².